The molecule has 4 unspecified atom stereocenters. The van der Waals surface area contributed by atoms with Gasteiger partial charge in [0, 0.05) is 6.42 Å². The number of nitrogens with two attached hydrogens (primary N) is 1. The van der Waals surface area contributed by atoms with Gasteiger partial charge in [-0.05, 0) is 17.4 Å². The van der Waals surface area contributed by atoms with Crippen LogP contribution in [-0.4, -0.2) is 53.5 Å². The Kier molecular flexibility index (Phi) is 10.7. The molecular weight excluding hydrogens is 400 g/mol. The Morgan fingerprint density at radius 2 is 1.61 bits per heavy atom. The summed E-state index contributed by atoms with van der Waals surface area (Å²) in [5.41, 5.74) is 6.62. The molecule has 1 aromatic carbocycles. The smallest absolute Gasteiger partial charge is 0.326 e. The fourth-order valence-corrected chi connectivity index (χ4v) is 2.83. The van der Waals surface area contributed by atoms with Crippen molar-refractivity contribution in [3.05, 3.63) is 35.9 Å². The van der Waals surface area contributed by atoms with Gasteiger partial charge in [-0.25, -0.2) is 4.79 Å². The number of amides is 3. The number of carboxylic acid groups (broad SMARTS) is 1. The molecule has 0 aliphatic carbocycles. The summed E-state index contributed by atoms with van der Waals surface area (Å²) in [5, 5.41) is 16.9. The maximum absolute atomic E-state index is 12.6. The molecule has 172 valence electrons. The van der Waals surface area contributed by atoms with Crippen molar-refractivity contribution in [1.82, 2.24) is 16.0 Å². The Labute approximate surface area is 183 Å². The number of carbonyl (C=O) groups is 4. The number of hydrogen-bond donors (Lipinski definition) is 5. The van der Waals surface area contributed by atoms with E-state index in [0.717, 1.165) is 5.56 Å². The molecule has 6 N–H and O–H groups in total. The third kappa shape index (κ3) is 8.75. The van der Waals surface area contributed by atoms with E-state index < -0.39 is 48.4 Å². The van der Waals surface area contributed by atoms with Gasteiger partial charge in [0.25, 0.3) is 0 Å². The van der Waals surface area contributed by atoms with Crippen molar-refractivity contribution in [2.75, 3.05) is 6.54 Å². The van der Waals surface area contributed by atoms with Crippen LogP contribution in [0.1, 0.15) is 39.7 Å². The van der Waals surface area contributed by atoms with E-state index in [0.29, 0.717) is 6.42 Å². The summed E-state index contributed by atoms with van der Waals surface area (Å²) < 4.78 is 0. The van der Waals surface area contributed by atoms with Crippen LogP contribution in [0.3, 0.4) is 0 Å². The van der Waals surface area contributed by atoms with Gasteiger partial charge in [0.1, 0.15) is 12.1 Å². The van der Waals surface area contributed by atoms with E-state index in [2.05, 4.69) is 16.0 Å². The van der Waals surface area contributed by atoms with Crippen molar-refractivity contribution >= 4 is 23.7 Å². The minimum atomic E-state index is -1.17. The fourth-order valence-electron chi connectivity index (χ4n) is 2.83. The highest BCUT2D eigenvalue weighted by Gasteiger charge is 2.29. The third-order valence-electron chi connectivity index (χ3n) is 5.15. The first kappa shape index (κ1) is 26.1. The number of carboxylic acids is 1. The topological polar surface area (TPSA) is 151 Å². The van der Waals surface area contributed by atoms with Gasteiger partial charge >= 0.3 is 5.97 Å². The lowest BCUT2D eigenvalue weighted by Gasteiger charge is -2.26. The van der Waals surface area contributed by atoms with E-state index in [-0.39, 0.29) is 18.3 Å². The maximum atomic E-state index is 12.6. The molecular formula is C22H34N4O5. The van der Waals surface area contributed by atoms with Gasteiger partial charge in [-0.15, -0.1) is 0 Å². The third-order valence-corrected chi connectivity index (χ3v) is 5.15. The lowest BCUT2D eigenvalue weighted by Crippen LogP contribution is -2.56. The Morgan fingerprint density at radius 3 is 2.13 bits per heavy atom. The second-order valence-corrected chi connectivity index (χ2v) is 8.01. The lowest BCUT2D eigenvalue weighted by atomic mass is 9.96. The van der Waals surface area contributed by atoms with Crippen LogP contribution in [0.2, 0.25) is 0 Å². The number of rotatable bonds is 12. The molecule has 31 heavy (non-hydrogen) atoms. The zero-order valence-corrected chi connectivity index (χ0v) is 18.6. The summed E-state index contributed by atoms with van der Waals surface area (Å²) in [6, 6.07) is 6.19. The number of carbonyl (C=O) groups excluding carboxylic acids is 3. The summed E-state index contributed by atoms with van der Waals surface area (Å²) in [5.74, 6) is -3.04. The van der Waals surface area contributed by atoms with Crippen LogP contribution in [0.15, 0.2) is 30.3 Å². The average molecular weight is 435 g/mol. The molecule has 0 saturated heterocycles. The minimum Gasteiger partial charge on any atom is -0.480 e. The van der Waals surface area contributed by atoms with Crippen LogP contribution < -0.4 is 21.7 Å². The molecule has 0 fully saturated rings. The van der Waals surface area contributed by atoms with Gasteiger partial charge < -0.3 is 26.8 Å². The van der Waals surface area contributed by atoms with Crippen LogP contribution >= 0.6 is 0 Å². The van der Waals surface area contributed by atoms with Crippen LogP contribution in [0.25, 0.3) is 0 Å². The molecule has 0 bridgehead atoms. The molecule has 0 spiro atoms. The first-order chi connectivity index (χ1) is 14.6. The van der Waals surface area contributed by atoms with E-state index in [1.54, 1.807) is 38.1 Å². The second-order valence-electron chi connectivity index (χ2n) is 8.01. The van der Waals surface area contributed by atoms with E-state index >= 15 is 0 Å². The van der Waals surface area contributed by atoms with Gasteiger partial charge in [-0.1, -0.05) is 64.4 Å². The highest BCUT2D eigenvalue weighted by Crippen LogP contribution is 2.09. The van der Waals surface area contributed by atoms with E-state index in [1.165, 1.54) is 0 Å². The van der Waals surface area contributed by atoms with Crippen molar-refractivity contribution in [3.63, 3.8) is 0 Å². The molecule has 0 saturated carbocycles. The van der Waals surface area contributed by atoms with Crippen LogP contribution in [0, 0.1) is 11.8 Å². The number of hydrogen-bond acceptors (Lipinski definition) is 5. The van der Waals surface area contributed by atoms with Gasteiger partial charge in [-0.3, -0.25) is 14.4 Å². The average Bonchev–Trinajstić information content (AvgIpc) is 2.74. The van der Waals surface area contributed by atoms with Crippen molar-refractivity contribution in [3.8, 4) is 0 Å². The highest BCUT2D eigenvalue weighted by molar-refractivity contribution is 5.92. The van der Waals surface area contributed by atoms with E-state index in [4.69, 9.17) is 5.73 Å². The SMILES string of the molecule is CCC(C)C(NC(=O)C(N)C(C)C)C(=O)NCC(=O)NC(Cc1ccccc1)C(=O)O. The Bertz CT molecular complexity index is 754. The summed E-state index contributed by atoms with van der Waals surface area (Å²) in [4.78, 5) is 48.6. The van der Waals surface area contributed by atoms with Gasteiger partial charge in [0.05, 0.1) is 12.6 Å². The van der Waals surface area contributed by atoms with Crippen molar-refractivity contribution in [1.29, 1.82) is 0 Å². The van der Waals surface area contributed by atoms with Crippen molar-refractivity contribution < 1.29 is 24.3 Å². The van der Waals surface area contributed by atoms with Gasteiger partial charge in [0.2, 0.25) is 17.7 Å². The summed E-state index contributed by atoms with van der Waals surface area (Å²) in [7, 11) is 0. The summed E-state index contributed by atoms with van der Waals surface area (Å²) in [6.07, 6.45) is 0.744. The quantitative estimate of drug-likeness (QED) is 0.322. The minimum absolute atomic E-state index is 0.0935. The maximum Gasteiger partial charge on any atom is 0.326 e. The molecule has 9 nitrogen and oxygen atoms in total. The molecule has 0 radical (unpaired) electrons. The Morgan fingerprint density at radius 1 is 1.00 bits per heavy atom. The Hall–Kier alpha value is -2.94. The molecule has 9 heteroatoms. The largest absolute Gasteiger partial charge is 0.480 e. The first-order valence-electron chi connectivity index (χ1n) is 10.5. The van der Waals surface area contributed by atoms with Crippen LogP contribution in [0.4, 0.5) is 0 Å². The standard InChI is InChI=1S/C22H34N4O5/c1-5-14(4)19(26-20(28)18(23)13(2)3)21(29)24-12-17(27)25-16(22(30)31)11-15-9-7-6-8-10-15/h6-10,13-14,16,18-19H,5,11-12,23H2,1-4H3,(H,24,29)(H,25,27)(H,26,28)(H,30,31). The van der Waals surface area contributed by atoms with E-state index in [1.807, 2.05) is 19.9 Å². The Balaban J connectivity index is 2.69. The van der Waals surface area contributed by atoms with Gasteiger partial charge in [-0.2, -0.15) is 0 Å². The number of benzene rings is 1. The molecule has 1 aromatic rings. The number of aliphatic carboxylic acids is 1. The van der Waals surface area contributed by atoms with Crippen LogP contribution in [0.5, 0.6) is 0 Å². The molecule has 0 heterocycles. The first-order valence-corrected chi connectivity index (χ1v) is 10.5. The molecule has 4 atom stereocenters. The predicted molar refractivity (Wildman–Crippen MR) is 117 cm³/mol. The summed E-state index contributed by atoms with van der Waals surface area (Å²) >= 11 is 0. The molecule has 3 amide bonds. The molecule has 1 rings (SSSR count). The zero-order chi connectivity index (χ0) is 23.6. The predicted octanol–water partition coefficient (Wildman–Crippen LogP) is 0.429. The molecule has 0 aromatic heterocycles. The monoisotopic (exact) mass is 434 g/mol. The van der Waals surface area contributed by atoms with Gasteiger partial charge in [0.15, 0.2) is 0 Å². The molecule has 0 aliphatic heterocycles. The molecule has 0 aliphatic rings. The second kappa shape index (κ2) is 12.7. The lowest BCUT2D eigenvalue weighted by molar-refractivity contribution is -0.141. The van der Waals surface area contributed by atoms with Crippen molar-refractivity contribution in [2.24, 2.45) is 17.6 Å². The highest BCUT2D eigenvalue weighted by atomic mass is 16.4. The van der Waals surface area contributed by atoms with Crippen LogP contribution in [-0.2, 0) is 25.6 Å². The fraction of sp³-hybridized carbons (Fsp3) is 0.545. The summed E-state index contributed by atoms with van der Waals surface area (Å²) in [6.45, 7) is 6.90. The van der Waals surface area contributed by atoms with Crippen molar-refractivity contribution in [2.45, 2.75) is 58.7 Å². The number of nitrogens with one attached hydrogen (secondary N) is 3. The van der Waals surface area contributed by atoms with E-state index in [9.17, 15) is 24.3 Å². The normalized spacial score (nSPS) is 14.8. The zero-order valence-electron chi connectivity index (χ0n) is 18.6.